The molecule has 1 amide bonds. The minimum atomic E-state index is -0.583. The van der Waals surface area contributed by atoms with Crippen molar-refractivity contribution in [2.24, 2.45) is 17.6 Å². The van der Waals surface area contributed by atoms with E-state index < -0.39 is 17.9 Å². The van der Waals surface area contributed by atoms with E-state index in [0.717, 1.165) is 24.1 Å². The van der Waals surface area contributed by atoms with E-state index in [-0.39, 0.29) is 48.4 Å². The number of nitrogens with one attached hydrogen (secondary N) is 2. The Hall–Kier alpha value is -3.70. The topological polar surface area (TPSA) is 151 Å². The van der Waals surface area contributed by atoms with Gasteiger partial charge in [0.2, 0.25) is 18.4 Å². The summed E-state index contributed by atoms with van der Waals surface area (Å²) < 4.78 is 27.7. The standard InChI is InChI=1S/C28H35N3O8/c1-35-21-9-15(10-22(36-2)27(21)33)24-16-11-19-20(39-14-38-19)12-17(16)26(18-13-37-28(34)25(18)24)31-23(32)5-3-7-30-8-4-6-29/h9-12,18,24-26,30,33H,3-8,13-14,29H2,1-2H3,(H,31,32)/t18?,24-,25+,26?/m1/s1. The molecule has 1 aliphatic carbocycles. The number of hydrogen-bond donors (Lipinski definition) is 4. The largest absolute Gasteiger partial charge is 0.502 e. The van der Waals surface area contributed by atoms with Crippen molar-refractivity contribution in [1.29, 1.82) is 0 Å². The van der Waals surface area contributed by atoms with Gasteiger partial charge in [0.15, 0.2) is 23.0 Å². The Morgan fingerprint density at radius 2 is 1.69 bits per heavy atom. The molecule has 39 heavy (non-hydrogen) atoms. The maximum Gasteiger partial charge on any atom is 0.310 e. The Kier molecular flexibility index (Phi) is 7.99. The molecule has 5 N–H and O–H groups in total. The molecule has 11 nitrogen and oxygen atoms in total. The first-order valence-electron chi connectivity index (χ1n) is 13.2. The number of hydrogen-bond acceptors (Lipinski definition) is 10. The van der Waals surface area contributed by atoms with Crippen LogP contribution < -0.4 is 35.3 Å². The molecule has 0 saturated carbocycles. The summed E-state index contributed by atoms with van der Waals surface area (Å²) in [4.78, 5) is 26.3. The number of phenolic OH excluding ortho intramolecular Hbond substituents is 1. The summed E-state index contributed by atoms with van der Waals surface area (Å²) in [7, 11) is 2.91. The number of amides is 1. The van der Waals surface area contributed by atoms with Crippen LogP contribution in [0, 0.1) is 11.8 Å². The number of carbonyl (C=O) groups excluding carboxylic acids is 2. The Morgan fingerprint density at radius 1 is 1.03 bits per heavy atom. The lowest BCUT2D eigenvalue weighted by Gasteiger charge is -2.39. The van der Waals surface area contributed by atoms with Gasteiger partial charge < -0.3 is 45.2 Å². The van der Waals surface area contributed by atoms with Gasteiger partial charge in [-0.3, -0.25) is 9.59 Å². The number of methoxy groups -OCH3 is 2. The molecule has 5 rings (SSSR count). The molecule has 0 aromatic heterocycles. The zero-order valence-electron chi connectivity index (χ0n) is 22.2. The summed E-state index contributed by atoms with van der Waals surface area (Å²) in [6.45, 7) is 2.42. The number of carbonyl (C=O) groups is 2. The van der Waals surface area contributed by atoms with Crippen LogP contribution >= 0.6 is 0 Å². The molecular weight excluding hydrogens is 506 g/mol. The summed E-state index contributed by atoms with van der Waals surface area (Å²) in [6, 6.07) is 6.71. The number of fused-ring (bicyclic) bond motifs is 3. The van der Waals surface area contributed by atoms with Crippen molar-refractivity contribution in [3.8, 4) is 28.7 Å². The van der Waals surface area contributed by atoms with E-state index in [4.69, 9.17) is 29.4 Å². The van der Waals surface area contributed by atoms with E-state index >= 15 is 0 Å². The molecule has 0 radical (unpaired) electrons. The molecule has 1 saturated heterocycles. The number of nitrogens with two attached hydrogens (primary N) is 1. The second-order valence-corrected chi connectivity index (χ2v) is 9.95. The van der Waals surface area contributed by atoms with Crippen molar-refractivity contribution in [2.45, 2.75) is 31.2 Å². The monoisotopic (exact) mass is 541 g/mol. The molecular formula is C28H35N3O8. The third kappa shape index (κ3) is 5.16. The van der Waals surface area contributed by atoms with Gasteiger partial charge in [0, 0.05) is 18.3 Å². The minimum absolute atomic E-state index is 0.0901. The number of aromatic hydroxyl groups is 1. The third-order valence-electron chi connectivity index (χ3n) is 7.68. The van der Waals surface area contributed by atoms with Crippen molar-refractivity contribution < 1.29 is 38.4 Å². The number of benzene rings is 2. The van der Waals surface area contributed by atoms with Crippen LogP contribution in [-0.4, -0.2) is 64.2 Å². The fraction of sp³-hybridized carbons (Fsp3) is 0.500. The Labute approximate surface area is 226 Å². The molecule has 0 spiro atoms. The lowest BCUT2D eigenvalue weighted by Crippen LogP contribution is -2.42. The van der Waals surface area contributed by atoms with Crippen molar-refractivity contribution >= 4 is 11.9 Å². The van der Waals surface area contributed by atoms with E-state index in [1.807, 2.05) is 12.1 Å². The van der Waals surface area contributed by atoms with Gasteiger partial charge in [-0.05, 0) is 73.4 Å². The fourth-order valence-corrected chi connectivity index (χ4v) is 5.81. The lowest BCUT2D eigenvalue weighted by atomic mass is 9.65. The summed E-state index contributed by atoms with van der Waals surface area (Å²) in [5, 5.41) is 17.0. The molecule has 210 valence electrons. The predicted molar refractivity (Wildman–Crippen MR) is 140 cm³/mol. The predicted octanol–water partition coefficient (Wildman–Crippen LogP) is 1.95. The van der Waals surface area contributed by atoms with Crippen molar-refractivity contribution in [2.75, 3.05) is 47.3 Å². The normalized spacial score (nSPS) is 22.6. The Morgan fingerprint density at radius 3 is 2.36 bits per heavy atom. The van der Waals surface area contributed by atoms with Crippen molar-refractivity contribution in [3.05, 3.63) is 41.0 Å². The highest BCUT2D eigenvalue weighted by atomic mass is 16.7. The van der Waals surface area contributed by atoms with Gasteiger partial charge in [-0.2, -0.15) is 0 Å². The van der Waals surface area contributed by atoms with Crippen LogP contribution in [0.5, 0.6) is 28.7 Å². The van der Waals surface area contributed by atoms with E-state index in [1.54, 1.807) is 12.1 Å². The average molecular weight is 542 g/mol. The number of phenols is 1. The van der Waals surface area contributed by atoms with Crippen molar-refractivity contribution in [3.63, 3.8) is 0 Å². The van der Waals surface area contributed by atoms with Crippen molar-refractivity contribution in [1.82, 2.24) is 10.6 Å². The third-order valence-corrected chi connectivity index (χ3v) is 7.68. The number of rotatable bonds is 11. The Bertz CT molecular complexity index is 1210. The van der Waals surface area contributed by atoms with Gasteiger partial charge in [0.25, 0.3) is 0 Å². The first-order chi connectivity index (χ1) is 19.0. The van der Waals surface area contributed by atoms with Gasteiger partial charge in [-0.1, -0.05) is 0 Å². The van der Waals surface area contributed by atoms with E-state index in [0.29, 0.717) is 43.0 Å². The molecule has 2 aromatic carbocycles. The van der Waals surface area contributed by atoms with E-state index in [1.165, 1.54) is 14.2 Å². The maximum atomic E-state index is 13.2. The van der Waals surface area contributed by atoms with Crippen LogP contribution in [0.3, 0.4) is 0 Å². The lowest BCUT2D eigenvalue weighted by molar-refractivity contribution is -0.141. The molecule has 2 heterocycles. The van der Waals surface area contributed by atoms with Crippen LogP contribution in [0.25, 0.3) is 0 Å². The fourth-order valence-electron chi connectivity index (χ4n) is 5.81. The highest BCUT2D eigenvalue weighted by Gasteiger charge is 2.53. The summed E-state index contributed by atoms with van der Waals surface area (Å²) in [6.07, 6.45) is 1.91. The summed E-state index contributed by atoms with van der Waals surface area (Å²) in [5.74, 6) is -0.328. The maximum absolute atomic E-state index is 13.2. The van der Waals surface area contributed by atoms with Gasteiger partial charge in [-0.15, -0.1) is 0 Å². The van der Waals surface area contributed by atoms with Gasteiger partial charge >= 0.3 is 5.97 Å². The number of ether oxygens (including phenoxy) is 5. The number of cyclic esters (lactones) is 1. The second kappa shape index (κ2) is 11.6. The SMILES string of the molecule is COc1cc([C@@H]2c3cc4c(cc3C(NC(=O)CCCNCCCN)C3COC(=O)[C@@H]32)OCO4)cc(OC)c1O. The first-order valence-corrected chi connectivity index (χ1v) is 13.2. The molecule has 4 atom stereocenters. The highest BCUT2D eigenvalue weighted by molar-refractivity contribution is 5.81. The van der Waals surface area contributed by atoms with Gasteiger partial charge in [-0.25, -0.2) is 0 Å². The van der Waals surface area contributed by atoms with Gasteiger partial charge in [0.1, 0.15) is 0 Å². The molecule has 0 bridgehead atoms. The molecule has 1 fully saturated rings. The van der Waals surface area contributed by atoms with E-state index in [9.17, 15) is 14.7 Å². The van der Waals surface area contributed by atoms with E-state index in [2.05, 4.69) is 10.6 Å². The van der Waals surface area contributed by atoms with Gasteiger partial charge in [0.05, 0.1) is 32.8 Å². The zero-order valence-corrected chi connectivity index (χ0v) is 22.2. The number of esters is 1. The average Bonchev–Trinajstić information content (AvgIpc) is 3.56. The highest BCUT2D eigenvalue weighted by Crippen LogP contribution is 2.55. The van der Waals surface area contributed by atoms with Crippen LogP contribution in [0.1, 0.15) is 47.9 Å². The summed E-state index contributed by atoms with van der Waals surface area (Å²) in [5.41, 5.74) is 7.88. The molecule has 3 aliphatic rings. The zero-order chi connectivity index (χ0) is 27.5. The van der Waals surface area contributed by atoms with Crippen LogP contribution in [-0.2, 0) is 14.3 Å². The molecule has 2 unspecified atom stereocenters. The first kappa shape index (κ1) is 26.9. The second-order valence-electron chi connectivity index (χ2n) is 9.95. The Balaban J connectivity index is 1.51. The summed E-state index contributed by atoms with van der Waals surface area (Å²) >= 11 is 0. The smallest absolute Gasteiger partial charge is 0.310 e. The molecule has 2 aliphatic heterocycles. The molecule has 2 aromatic rings. The minimum Gasteiger partial charge on any atom is -0.502 e. The quantitative estimate of drug-likeness (QED) is 0.245. The van der Waals surface area contributed by atoms with Crippen LogP contribution in [0.15, 0.2) is 24.3 Å². The van der Waals surface area contributed by atoms with Crippen LogP contribution in [0.2, 0.25) is 0 Å². The molecule has 11 heteroatoms. The van der Waals surface area contributed by atoms with Crippen LogP contribution in [0.4, 0.5) is 0 Å².